The molecule has 0 bridgehead atoms. The highest BCUT2D eigenvalue weighted by Gasteiger charge is 2.31. The van der Waals surface area contributed by atoms with Gasteiger partial charge in [-0.25, -0.2) is 15.8 Å². The first kappa shape index (κ1) is 8.44. The number of fused-ring (bicyclic) bond motifs is 1. The van der Waals surface area contributed by atoms with Gasteiger partial charge < -0.3 is 0 Å². The molecule has 1 aliphatic rings. The molecule has 0 aromatic carbocycles. The van der Waals surface area contributed by atoms with E-state index in [1.54, 1.807) is 0 Å². The lowest BCUT2D eigenvalue weighted by atomic mass is 9.91. The number of hydrazine groups is 1. The molecule has 0 radical (unpaired) electrons. The second-order valence-corrected chi connectivity index (χ2v) is 4.10. The molecule has 0 saturated heterocycles. The first-order chi connectivity index (χ1) is 6.13. The Hall–Kier alpha value is -1.16. The second-order valence-electron chi connectivity index (χ2n) is 4.10. The molecule has 0 spiro atoms. The fraction of sp³-hybridized carbons (Fsp3) is 0.556. The summed E-state index contributed by atoms with van der Waals surface area (Å²) in [6, 6.07) is 0. The van der Waals surface area contributed by atoms with Crippen LogP contribution in [0.25, 0.3) is 0 Å². The Kier molecular flexibility index (Phi) is 1.73. The molecular weight excluding hydrogens is 164 g/mol. The summed E-state index contributed by atoms with van der Waals surface area (Å²) in [6.07, 6.45) is 4.09. The monoisotopic (exact) mass is 178 g/mol. The molecule has 0 unspecified atom stereocenters. The van der Waals surface area contributed by atoms with E-state index < -0.39 is 0 Å². The second kappa shape index (κ2) is 2.67. The maximum atomic E-state index is 5.26. The van der Waals surface area contributed by atoms with Gasteiger partial charge in [0.15, 0.2) is 0 Å². The zero-order valence-corrected chi connectivity index (χ0v) is 7.96. The van der Waals surface area contributed by atoms with E-state index in [2.05, 4.69) is 29.2 Å². The highest BCUT2D eigenvalue weighted by Crippen LogP contribution is 2.36. The van der Waals surface area contributed by atoms with Crippen molar-refractivity contribution in [2.24, 2.45) is 5.84 Å². The number of nitrogen functional groups attached to an aromatic ring is 1. The minimum Gasteiger partial charge on any atom is -0.292 e. The first-order valence-electron chi connectivity index (χ1n) is 4.46. The summed E-state index contributed by atoms with van der Waals surface area (Å²) < 4.78 is 0. The lowest BCUT2D eigenvalue weighted by molar-refractivity contribution is 0.509. The van der Waals surface area contributed by atoms with Crippen LogP contribution >= 0.6 is 0 Å². The number of hydrogen-bond donors (Lipinski definition) is 2. The molecule has 4 nitrogen and oxygen atoms in total. The molecule has 3 N–H and O–H groups in total. The van der Waals surface area contributed by atoms with E-state index in [1.165, 1.54) is 5.56 Å². The van der Waals surface area contributed by atoms with E-state index in [0.717, 1.165) is 18.5 Å². The molecule has 0 amide bonds. The highest BCUT2D eigenvalue weighted by molar-refractivity contribution is 5.36. The standard InChI is InChI=1S/C9H14N4/c1-9(2)4-3-6-5-11-8(13-10)12-7(6)9/h5H,3-4,10H2,1-2H3,(H,11,12,13). The minimum atomic E-state index is 0.171. The van der Waals surface area contributed by atoms with Crippen LogP contribution in [0.15, 0.2) is 6.20 Å². The topological polar surface area (TPSA) is 63.8 Å². The predicted octanol–water partition coefficient (Wildman–Crippen LogP) is 0.986. The molecule has 0 fully saturated rings. The third kappa shape index (κ3) is 1.27. The molecule has 1 aromatic heterocycles. The van der Waals surface area contributed by atoms with Crippen molar-refractivity contribution < 1.29 is 0 Å². The predicted molar refractivity (Wildman–Crippen MR) is 51.2 cm³/mol. The fourth-order valence-electron chi connectivity index (χ4n) is 1.81. The zero-order valence-electron chi connectivity index (χ0n) is 7.96. The molecule has 0 aliphatic heterocycles. The summed E-state index contributed by atoms with van der Waals surface area (Å²) in [5.41, 5.74) is 5.03. The van der Waals surface area contributed by atoms with E-state index >= 15 is 0 Å². The Bertz CT molecular complexity index is 332. The van der Waals surface area contributed by atoms with E-state index in [4.69, 9.17) is 5.84 Å². The number of aryl methyl sites for hydroxylation is 1. The van der Waals surface area contributed by atoms with Crippen LogP contribution in [0.1, 0.15) is 31.5 Å². The minimum absolute atomic E-state index is 0.171. The van der Waals surface area contributed by atoms with Crippen molar-refractivity contribution in [3.8, 4) is 0 Å². The molecule has 0 atom stereocenters. The number of nitrogens with one attached hydrogen (secondary N) is 1. The van der Waals surface area contributed by atoms with Crippen LogP contribution in [0.2, 0.25) is 0 Å². The maximum Gasteiger partial charge on any atom is 0.237 e. The Morgan fingerprint density at radius 1 is 1.54 bits per heavy atom. The first-order valence-corrected chi connectivity index (χ1v) is 4.46. The van der Waals surface area contributed by atoms with E-state index in [1.807, 2.05) is 6.20 Å². The van der Waals surface area contributed by atoms with E-state index in [-0.39, 0.29) is 5.41 Å². The van der Waals surface area contributed by atoms with Crippen molar-refractivity contribution in [1.82, 2.24) is 9.97 Å². The van der Waals surface area contributed by atoms with Crippen LogP contribution in [0, 0.1) is 0 Å². The highest BCUT2D eigenvalue weighted by atomic mass is 15.3. The van der Waals surface area contributed by atoms with Crippen molar-refractivity contribution in [2.45, 2.75) is 32.1 Å². The van der Waals surface area contributed by atoms with Crippen molar-refractivity contribution >= 4 is 5.95 Å². The Labute approximate surface area is 77.5 Å². The van der Waals surface area contributed by atoms with E-state index in [9.17, 15) is 0 Å². The van der Waals surface area contributed by atoms with Crippen LogP contribution in [-0.2, 0) is 11.8 Å². The third-order valence-corrected chi connectivity index (χ3v) is 2.65. The third-order valence-electron chi connectivity index (χ3n) is 2.65. The molecule has 1 aliphatic carbocycles. The van der Waals surface area contributed by atoms with Crippen LogP contribution in [0.4, 0.5) is 5.95 Å². The Balaban J connectivity index is 2.50. The quantitative estimate of drug-likeness (QED) is 0.497. The average molecular weight is 178 g/mol. The fourth-order valence-corrected chi connectivity index (χ4v) is 1.81. The molecule has 70 valence electrons. The molecule has 1 aromatic rings. The molecule has 4 heteroatoms. The summed E-state index contributed by atoms with van der Waals surface area (Å²) in [7, 11) is 0. The van der Waals surface area contributed by atoms with Gasteiger partial charge in [-0.1, -0.05) is 13.8 Å². The molecule has 0 saturated carbocycles. The molecule has 1 heterocycles. The van der Waals surface area contributed by atoms with Gasteiger partial charge in [0.1, 0.15) is 0 Å². The van der Waals surface area contributed by atoms with Crippen molar-refractivity contribution in [1.29, 1.82) is 0 Å². The molecule has 13 heavy (non-hydrogen) atoms. The van der Waals surface area contributed by atoms with Gasteiger partial charge in [0.25, 0.3) is 0 Å². The molecule has 2 rings (SSSR count). The largest absolute Gasteiger partial charge is 0.292 e. The van der Waals surface area contributed by atoms with Crippen molar-refractivity contribution in [3.05, 3.63) is 17.5 Å². The number of rotatable bonds is 1. The summed E-state index contributed by atoms with van der Waals surface area (Å²) in [5.74, 6) is 5.77. The SMILES string of the molecule is CC1(C)CCc2cnc(NN)nc21. The summed E-state index contributed by atoms with van der Waals surface area (Å²) in [6.45, 7) is 4.40. The number of aromatic nitrogens is 2. The van der Waals surface area contributed by atoms with Gasteiger partial charge in [-0.05, 0) is 18.4 Å². The van der Waals surface area contributed by atoms with Gasteiger partial charge in [-0.2, -0.15) is 0 Å². The van der Waals surface area contributed by atoms with Crippen LogP contribution in [-0.4, -0.2) is 9.97 Å². The maximum absolute atomic E-state index is 5.26. The van der Waals surface area contributed by atoms with Crippen molar-refractivity contribution in [3.63, 3.8) is 0 Å². The summed E-state index contributed by atoms with van der Waals surface area (Å²) >= 11 is 0. The van der Waals surface area contributed by atoms with Crippen molar-refractivity contribution in [2.75, 3.05) is 5.43 Å². The summed E-state index contributed by atoms with van der Waals surface area (Å²) in [4.78, 5) is 8.46. The zero-order chi connectivity index (χ0) is 9.47. The van der Waals surface area contributed by atoms with Crippen LogP contribution in [0.5, 0.6) is 0 Å². The normalized spacial score (nSPS) is 18.4. The van der Waals surface area contributed by atoms with Gasteiger partial charge >= 0.3 is 0 Å². The van der Waals surface area contributed by atoms with Crippen LogP contribution in [0.3, 0.4) is 0 Å². The Morgan fingerprint density at radius 2 is 2.31 bits per heavy atom. The van der Waals surface area contributed by atoms with Crippen LogP contribution < -0.4 is 11.3 Å². The van der Waals surface area contributed by atoms with Gasteiger partial charge in [-0.3, -0.25) is 5.43 Å². The van der Waals surface area contributed by atoms with Gasteiger partial charge in [-0.15, -0.1) is 0 Å². The van der Waals surface area contributed by atoms with Gasteiger partial charge in [0.2, 0.25) is 5.95 Å². The summed E-state index contributed by atoms with van der Waals surface area (Å²) in [5, 5.41) is 0. The number of anilines is 1. The lowest BCUT2D eigenvalue weighted by Crippen LogP contribution is -2.17. The number of nitrogens with zero attached hydrogens (tertiary/aromatic N) is 2. The average Bonchev–Trinajstić information content (AvgIpc) is 2.42. The number of hydrogen-bond acceptors (Lipinski definition) is 4. The Morgan fingerprint density at radius 3 is 3.00 bits per heavy atom. The lowest BCUT2D eigenvalue weighted by Gasteiger charge is -2.17. The molecular formula is C9H14N4. The van der Waals surface area contributed by atoms with Gasteiger partial charge in [0, 0.05) is 11.6 Å². The number of nitrogens with two attached hydrogens (primary N) is 1. The van der Waals surface area contributed by atoms with Gasteiger partial charge in [0.05, 0.1) is 5.69 Å². The van der Waals surface area contributed by atoms with E-state index in [0.29, 0.717) is 5.95 Å². The smallest absolute Gasteiger partial charge is 0.237 e.